The van der Waals surface area contributed by atoms with E-state index in [0.29, 0.717) is 0 Å². The van der Waals surface area contributed by atoms with Crippen LogP contribution in [-0.2, 0) is 55.3 Å². The Balaban J connectivity index is 0.000000285. The van der Waals surface area contributed by atoms with Gasteiger partial charge in [0, 0.05) is 0 Å². The Hall–Kier alpha value is -2.44. The number of halogens is 2. The summed E-state index contributed by atoms with van der Waals surface area (Å²) in [7, 11) is 9.87. The Morgan fingerprint density at radius 1 is 0.458 bits per heavy atom. The third-order valence-corrected chi connectivity index (χ3v) is 12.0. The number of aryl methyl sites for hydroxylation is 6. The van der Waals surface area contributed by atoms with Crippen molar-refractivity contribution in [2.75, 3.05) is 0 Å². The van der Waals surface area contributed by atoms with E-state index in [4.69, 9.17) is 17.0 Å². The Kier molecular flexibility index (Phi) is 17.4. The van der Waals surface area contributed by atoms with Crippen LogP contribution >= 0.6 is 17.0 Å². The van der Waals surface area contributed by atoms with Crippen molar-refractivity contribution in [2.24, 2.45) is 0 Å². The van der Waals surface area contributed by atoms with Gasteiger partial charge >= 0.3 is 37.9 Å². The van der Waals surface area contributed by atoms with E-state index < -0.39 is 20.8 Å². The van der Waals surface area contributed by atoms with Gasteiger partial charge in [0.15, 0.2) is 0 Å². The van der Waals surface area contributed by atoms with Crippen molar-refractivity contribution < 1.29 is 20.8 Å². The summed E-state index contributed by atoms with van der Waals surface area (Å²) in [6, 6.07) is 28.8. The summed E-state index contributed by atoms with van der Waals surface area (Å²) in [5.74, 6) is 0. The third kappa shape index (κ3) is 12.4. The molecule has 0 nitrogen and oxygen atoms in total. The van der Waals surface area contributed by atoms with Crippen molar-refractivity contribution in [3.8, 4) is 22.3 Å². The predicted molar refractivity (Wildman–Crippen MR) is 265 cm³/mol. The molecular formula is C56H75Cl2Zr-3. The second-order valence-corrected chi connectivity index (χ2v) is 24.2. The molecule has 0 aromatic heterocycles. The van der Waals surface area contributed by atoms with Crippen molar-refractivity contribution in [3.05, 3.63) is 135 Å². The van der Waals surface area contributed by atoms with Gasteiger partial charge in [0.2, 0.25) is 0 Å². The molecule has 0 atom stereocenters. The van der Waals surface area contributed by atoms with E-state index in [-0.39, 0.29) is 21.7 Å². The molecule has 59 heavy (non-hydrogen) atoms. The number of hydrogen-bond acceptors (Lipinski definition) is 0. The van der Waals surface area contributed by atoms with Crippen LogP contribution in [0.5, 0.6) is 0 Å². The molecule has 6 rings (SSSR count). The molecule has 6 aromatic carbocycles. The van der Waals surface area contributed by atoms with E-state index in [1.165, 1.54) is 99.4 Å². The van der Waals surface area contributed by atoms with Gasteiger partial charge in [-0.2, -0.15) is 19.1 Å². The van der Waals surface area contributed by atoms with Crippen molar-refractivity contribution in [1.82, 2.24) is 0 Å². The van der Waals surface area contributed by atoms with Crippen LogP contribution in [0.3, 0.4) is 0 Å². The van der Waals surface area contributed by atoms with E-state index in [1.54, 1.807) is 6.92 Å². The first-order valence-corrected chi connectivity index (χ1v) is 28.0. The monoisotopic (exact) mass is 907 g/mol. The average molecular weight is 910 g/mol. The Morgan fingerprint density at radius 3 is 0.932 bits per heavy atom. The standard InChI is InChI=1S/2C27H35.C2H5.2ClH.Zr/c2*1-10-19-12-23-18(3)17(2)11-24(25(23)13-19)20-14-21(26(4,5)6)16-22(15-20)27(7,8)9;1-2;;;/h2*11-16H,10H2,1-9H3;1H2,2H3;2*1H;/q3*-1;;;+2/p-2. The average Bonchev–Trinajstić information content (AvgIpc) is 3.80. The Labute approximate surface area is 380 Å². The van der Waals surface area contributed by atoms with Gasteiger partial charge in [-0.25, -0.2) is 0 Å². The zero-order chi connectivity index (χ0) is 45.0. The topological polar surface area (TPSA) is 0 Å². The minimum absolute atomic E-state index is 0.134. The quantitative estimate of drug-likeness (QED) is 0.155. The third-order valence-electron chi connectivity index (χ3n) is 12.0. The van der Waals surface area contributed by atoms with Gasteiger partial charge in [0.25, 0.3) is 0 Å². The van der Waals surface area contributed by atoms with Gasteiger partial charge < -0.3 is 6.92 Å². The molecule has 0 N–H and O–H groups in total. The van der Waals surface area contributed by atoms with Crippen LogP contribution in [0.15, 0.2) is 72.8 Å². The molecule has 0 amide bonds. The molecule has 0 aliphatic carbocycles. The van der Waals surface area contributed by atoms with Crippen LogP contribution in [0.1, 0.15) is 159 Å². The van der Waals surface area contributed by atoms with Gasteiger partial charge in [0.05, 0.1) is 0 Å². The zero-order valence-corrected chi connectivity index (χ0v) is 44.3. The Morgan fingerprint density at radius 2 is 0.712 bits per heavy atom. The fourth-order valence-electron chi connectivity index (χ4n) is 7.62. The van der Waals surface area contributed by atoms with Crippen LogP contribution in [0.4, 0.5) is 0 Å². The summed E-state index contributed by atoms with van der Waals surface area (Å²) < 4.78 is 0. The summed E-state index contributed by atoms with van der Waals surface area (Å²) in [6.45, 7) is 46.2. The molecule has 0 aliphatic rings. The molecule has 6 aromatic rings. The van der Waals surface area contributed by atoms with Crippen molar-refractivity contribution >= 4 is 38.6 Å². The molecule has 0 saturated heterocycles. The normalized spacial score (nSPS) is 12.0. The molecule has 0 fully saturated rings. The molecular weight excluding hydrogens is 835 g/mol. The van der Waals surface area contributed by atoms with Crippen molar-refractivity contribution in [2.45, 2.75) is 166 Å². The number of hydrogen-bond donors (Lipinski definition) is 0. The molecule has 3 heteroatoms. The summed E-state index contributed by atoms with van der Waals surface area (Å²) in [5.41, 5.74) is 20.1. The van der Waals surface area contributed by atoms with Crippen molar-refractivity contribution in [1.29, 1.82) is 0 Å². The van der Waals surface area contributed by atoms with Crippen molar-refractivity contribution in [3.63, 3.8) is 0 Å². The van der Waals surface area contributed by atoms with Crippen LogP contribution in [-0.4, -0.2) is 0 Å². The van der Waals surface area contributed by atoms with Crippen LogP contribution in [0, 0.1) is 34.6 Å². The van der Waals surface area contributed by atoms with E-state index >= 15 is 0 Å². The van der Waals surface area contributed by atoms with Gasteiger partial charge in [-0.3, -0.25) is 0 Å². The Bertz CT molecular complexity index is 2100. The van der Waals surface area contributed by atoms with Gasteiger partial charge in [-0.1, -0.05) is 182 Å². The van der Waals surface area contributed by atoms with Crippen LogP contribution in [0.2, 0.25) is 0 Å². The van der Waals surface area contributed by atoms with Gasteiger partial charge in [-0.15, -0.1) is 55.9 Å². The van der Waals surface area contributed by atoms with Gasteiger partial charge in [-0.05, 0) is 81.7 Å². The van der Waals surface area contributed by atoms with E-state index in [9.17, 15) is 0 Å². The molecule has 0 radical (unpaired) electrons. The molecule has 320 valence electrons. The fourth-order valence-corrected chi connectivity index (χ4v) is 7.62. The summed E-state index contributed by atoms with van der Waals surface area (Å²) in [4.78, 5) is 0. The number of benzene rings is 4. The first kappa shape index (κ1) is 50.9. The maximum atomic E-state index is 4.93. The van der Waals surface area contributed by atoms with Crippen LogP contribution in [0.25, 0.3) is 43.8 Å². The van der Waals surface area contributed by atoms with E-state index in [0.717, 1.165) is 12.8 Å². The van der Waals surface area contributed by atoms with Crippen LogP contribution < -0.4 is 0 Å². The number of fused-ring (bicyclic) bond motifs is 2. The molecule has 0 bridgehead atoms. The fraction of sp³-hybridized carbons (Fsp3) is 0.446. The molecule has 0 aliphatic heterocycles. The van der Waals surface area contributed by atoms with Gasteiger partial charge in [0.1, 0.15) is 0 Å². The number of rotatable bonds is 4. The molecule has 0 unspecified atom stereocenters. The second kappa shape index (κ2) is 20.2. The summed E-state index contributed by atoms with van der Waals surface area (Å²) in [5, 5.41) is 5.64. The zero-order valence-electron chi connectivity index (χ0n) is 40.3. The molecule has 0 saturated carbocycles. The molecule has 0 heterocycles. The summed E-state index contributed by atoms with van der Waals surface area (Å²) >= 11 is -0.826. The summed E-state index contributed by atoms with van der Waals surface area (Å²) in [6.07, 6.45) is 2.17. The SMILES string of the molecule is CCc1cc2c(-c3cc(C(C)(C)C)cc(C(C)(C)C)c3)cc(C)c(C)c2[cH-]1.CCc1cc2c(-c3cc(C(C)(C)C)cc(C(C)(C)C)c3)cc(C)c(C)c2[cH-]1.[CH2-]C.[Cl][Zr][Cl]. The maximum absolute atomic E-state index is 4.93. The first-order chi connectivity index (χ1) is 27.2. The second-order valence-electron chi connectivity index (χ2n) is 20.5. The molecule has 0 spiro atoms. The first-order valence-electron chi connectivity index (χ1n) is 21.6. The predicted octanol–water partition coefficient (Wildman–Crippen LogP) is 18.2. The minimum atomic E-state index is -0.826. The van der Waals surface area contributed by atoms with E-state index in [2.05, 4.69) is 204 Å². The van der Waals surface area contributed by atoms with E-state index in [1.807, 2.05) is 0 Å².